The summed E-state index contributed by atoms with van der Waals surface area (Å²) in [5.74, 6) is 1.02. The van der Waals surface area contributed by atoms with Crippen molar-refractivity contribution in [3.63, 3.8) is 0 Å². The molecule has 1 aromatic rings. The number of aliphatic hydroxyl groups is 1. The summed E-state index contributed by atoms with van der Waals surface area (Å²) in [6.07, 6.45) is 4.98. The Labute approximate surface area is 121 Å². The van der Waals surface area contributed by atoms with Crippen molar-refractivity contribution in [2.45, 2.75) is 45.2 Å². The van der Waals surface area contributed by atoms with Gasteiger partial charge in [-0.3, -0.25) is 4.68 Å². The number of nitrogens with zero attached hydrogens (tertiary/aromatic N) is 2. The highest BCUT2D eigenvalue weighted by Gasteiger charge is 2.22. The minimum Gasteiger partial charge on any atom is -0.396 e. The highest BCUT2D eigenvalue weighted by Crippen LogP contribution is 2.24. The van der Waals surface area contributed by atoms with E-state index < -0.39 is 0 Å². The van der Waals surface area contributed by atoms with Crippen molar-refractivity contribution in [3.8, 4) is 0 Å². The molecular weight excluding hydrogens is 258 g/mol. The van der Waals surface area contributed by atoms with Crippen molar-refractivity contribution in [1.82, 2.24) is 15.1 Å². The first-order valence-electron chi connectivity index (χ1n) is 6.74. The fraction of sp³-hybridized carbons (Fsp3) is 0.786. The third kappa shape index (κ3) is 5.16. The molecule has 0 aliphatic carbocycles. The molecule has 19 heavy (non-hydrogen) atoms. The number of aromatic nitrogens is 2. The van der Waals surface area contributed by atoms with Gasteiger partial charge >= 0.3 is 0 Å². The molecule has 1 rings (SSSR count). The van der Waals surface area contributed by atoms with Gasteiger partial charge in [-0.1, -0.05) is 20.8 Å². The minimum atomic E-state index is 0.0598. The van der Waals surface area contributed by atoms with Gasteiger partial charge in [0.2, 0.25) is 0 Å². The van der Waals surface area contributed by atoms with Gasteiger partial charge in [0.1, 0.15) is 0 Å². The van der Waals surface area contributed by atoms with Crippen LogP contribution in [0.4, 0.5) is 0 Å². The van der Waals surface area contributed by atoms with Crippen LogP contribution in [0, 0.1) is 0 Å². The van der Waals surface area contributed by atoms with Gasteiger partial charge in [0, 0.05) is 49.2 Å². The predicted molar refractivity (Wildman–Crippen MR) is 82.6 cm³/mol. The van der Waals surface area contributed by atoms with Crippen LogP contribution in [-0.2, 0) is 19.0 Å². The summed E-state index contributed by atoms with van der Waals surface area (Å²) >= 11 is 1.81. The lowest BCUT2D eigenvalue weighted by atomic mass is 9.89. The molecule has 1 atom stereocenters. The minimum absolute atomic E-state index is 0.0598. The lowest BCUT2D eigenvalue weighted by Crippen LogP contribution is -2.32. The normalized spacial score (nSPS) is 13.8. The molecule has 0 saturated heterocycles. The summed E-state index contributed by atoms with van der Waals surface area (Å²) in [5.41, 5.74) is 2.46. The molecule has 0 aromatic carbocycles. The van der Waals surface area contributed by atoms with Gasteiger partial charge < -0.3 is 10.4 Å². The standard InChI is InChI=1S/C14H27N3OS/c1-14(2,3)13-11(9-17(4)16-13)8-15-12(6-7-18)10-19-5/h9,12,15,18H,6-8,10H2,1-5H3. The molecule has 5 heteroatoms. The molecule has 0 spiro atoms. The number of hydrogen-bond acceptors (Lipinski definition) is 4. The zero-order chi connectivity index (χ0) is 14.5. The topological polar surface area (TPSA) is 50.1 Å². The highest BCUT2D eigenvalue weighted by atomic mass is 32.2. The van der Waals surface area contributed by atoms with E-state index >= 15 is 0 Å². The van der Waals surface area contributed by atoms with E-state index in [-0.39, 0.29) is 12.0 Å². The first-order valence-corrected chi connectivity index (χ1v) is 8.14. The van der Waals surface area contributed by atoms with E-state index in [0.717, 1.165) is 24.4 Å². The summed E-state index contributed by atoms with van der Waals surface area (Å²) in [6, 6.07) is 0.355. The third-order valence-corrected chi connectivity index (χ3v) is 3.78. The Morgan fingerprint density at radius 2 is 2.16 bits per heavy atom. The molecule has 0 amide bonds. The molecule has 1 heterocycles. The Balaban J connectivity index is 2.71. The summed E-state index contributed by atoms with van der Waals surface area (Å²) in [7, 11) is 1.96. The molecule has 0 saturated carbocycles. The van der Waals surface area contributed by atoms with Crippen molar-refractivity contribution in [1.29, 1.82) is 0 Å². The van der Waals surface area contributed by atoms with E-state index in [4.69, 9.17) is 5.11 Å². The van der Waals surface area contributed by atoms with E-state index in [9.17, 15) is 0 Å². The van der Waals surface area contributed by atoms with Crippen LogP contribution in [0.25, 0.3) is 0 Å². The second-order valence-electron chi connectivity index (χ2n) is 5.97. The van der Waals surface area contributed by atoms with Crippen LogP contribution in [0.15, 0.2) is 6.20 Å². The van der Waals surface area contributed by atoms with Crippen LogP contribution in [0.3, 0.4) is 0 Å². The summed E-state index contributed by atoms with van der Waals surface area (Å²) in [6.45, 7) is 7.60. The van der Waals surface area contributed by atoms with Crippen LogP contribution < -0.4 is 5.32 Å². The van der Waals surface area contributed by atoms with E-state index in [1.165, 1.54) is 5.56 Å². The second kappa shape index (κ2) is 7.31. The number of nitrogens with one attached hydrogen (secondary N) is 1. The Hall–Kier alpha value is -0.520. The third-order valence-electron chi connectivity index (χ3n) is 3.04. The van der Waals surface area contributed by atoms with Crippen molar-refractivity contribution in [2.24, 2.45) is 7.05 Å². The van der Waals surface area contributed by atoms with E-state index in [1.807, 2.05) is 11.7 Å². The molecule has 0 radical (unpaired) electrons. The van der Waals surface area contributed by atoms with Crippen LogP contribution in [-0.4, -0.2) is 39.5 Å². The number of thioether (sulfide) groups is 1. The van der Waals surface area contributed by atoms with Gasteiger partial charge in [-0.25, -0.2) is 0 Å². The van der Waals surface area contributed by atoms with Crippen LogP contribution in [0.1, 0.15) is 38.4 Å². The molecule has 0 aliphatic rings. The van der Waals surface area contributed by atoms with E-state index in [0.29, 0.717) is 6.04 Å². The number of aliphatic hydroxyl groups excluding tert-OH is 1. The summed E-state index contributed by atoms with van der Waals surface area (Å²) < 4.78 is 1.88. The molecule has 110 valence electrons. The maximum atomic E-state index is 9.08. The molecule has 0 aliphatic heterocycles. The van der Waals surface area contributed by atoms with Gasteiger partial charge in [-0.05, 0) is 12.7 Å². The number of aryl methyl sites for hydroxylation is 1. The summed E-state index contributed by atoms with van der Waals surface area (Å²) in [4.78, 5) is 0. The van der Waals surface area contributed by atoms with Crippen molar-refractivity contribution in [2.75, 3.05) is 18.6 Å². The first-order chi connectivity index (χ1) is 8.88. The zero-order valence-corrected chi connectivity index (χ0v) is 13.5. The van der Waals surface area contributed by atoms with Crippen molar-refractivity contribution >= 4 is 11.8 Å². The average molecular weight is 285 g/mol. The Bertz CT molecular complexity index is 379. The maximum Gasteiger partial charge on any atom is 0.0722 e. The van der Waals surface area contributed by atoms with Gasteiger partial charge in [0.15, 0.2) is 0 Å². The Kier molecular flexibility index (Phi) is 6.36. The quantitative estimate of drug-likeness (QED) is 0.803. The molecule has 2 N–H and O–H groups in total. The highest BCUT2D eigenvalue weighted by molar-refractivity contribution is 7.98. The lowest BCUT2D eigenvalue weighted by Gasteiger charge is -2.20. The lowest BCUT2D eigenvalue weighted by molar-refractivity contribution is 0.269. The molecule has 4 nitrogen and oxygen atoms in total. The Morgan fingerprint density at radius 3 is 2.68 bits per heavy atom. The number of hydrogen-bond donors (Lipinski definition) is 2. The SMILES string of the molecule is CSCC(CCO)NCc1cn(C)nc1C(C)(C)C. The molecule has 1 aromatic heterocycles. The largest absolute Gasteiger partial charge is 0.396 e. The molecular formula is C14H27N3OS. The van der Waals surface area contributed by atoms with Gasteiger partial charge in [0.25, 0.3) is 0 Å². The second-order valence-corrected chi connectivity index (χ2v) is 6.88. The van der Waals surface area contributed by atoms with Crippen molar-refractivity contribution < 1.29 is 5.11 Å². The fourth-order valence-electron chi connectivity index (χ4n) is 2.15. The first kappa shape index (κ1) is 16.5. The average Bonchev–Trinajstić information content (AvgIpc) is 2.68. The maximum absolute atomic E-state index is 9.08. The van der Waals surface area contributed by atoms with Crippen LogP contribution in [0.2, 0.25) is 0 Å². The zero-order valence-electron chi connectivity index (χ0n) is 12.7. The summed E-state index contributed by atoms with van der Waals surface area (Å²) in [5, 5.41) is 17.2. The Morgan fingerprint density at radius 1 is 1.47 bits per heavy atom. The van der Waals surface area contributed by atoms with E-state index in [1.54, 1.807) is 11.8 Å². The van der Waals surface area contributed by atoms with Crippen LogP contribution >= 0.6 is 11.8 Å². The van der Waals surface area contributed by atoms with E-state index in [2.05, 4.69) is 43.6 Å². The smallest absolute Gasteiger partial charge is 0.0722 e. The van der Waals surface area contributed by atoms with Crippen molar-refractivity contribution in [3.05, 3.63) is 17.5 Å². The fourth-order valence-corrected chi connectivity index (χ4v) is 2.84. The monoisotopic (exact) mass is 285 g/mol. The molecule has 0 bridgehead atoms. The number of rotatable bonds is 7. The van der Waals surface area contributed by atoms with Gasteiger partial charge in [-0.15, -0.1) is 0 Å². The molecule has 0 fully saturated rings. The molecule has 1 unspecified atom stereocenters. The van der Waals surface area contributed by atoms with Gasteiger partial charge in [0.05, 0.1) is 5.69 Å². The predicted octanol–water partition coefficient (Wildman–Crippen LogP) is 1.92. The van der Waals surface area contributed by atoms with Gasteiger partial charge in [-0.2, -0.15) is 16.9 Å². The van der Waals surface area contributed by atoms with Crippen LogP contribution in [0.5, 0.6) is 0 Å².